The molecule has 0 unspecified atom stereocenters. The highest BCUT2D eigenvalue weighted by atomic mass is 35.5. The summed E-state index contributed by atoms with van der Waals surface area (Å²) in [6, 6.07) is 15.1. The number of carbonyl (C=O) groups is 1. The van der Waals surface area contributed by atoms with Crippen LogP contribution in [0.2, 0.25) is 10.0 Å². The number of carboxylic acid groups (broad SMARTS) is 1. The lowest BCUT2D eigenvalue weighted by Crippen LogP contribution is -2.05. The maximum atomic E-state index is 12.2. The Kier molecular flexibility index (Phi) is 5.43. The Balaban J connectivity index is 2.19. The van der Waals surface area contributed by atoms with Crippen LogP contribution in [0.15, 0.2) is 54.6 Å². The second kappa shape index (κ2) is 8.06. The first-order valence-electron chi connectivity index (χ1n) is 9.31. The zero-order chi connectivity index (χ0) is 22.3. The average molecular weight is 454 g/mol. The van der Waals surface area contributed by atoms with Crippen LogP contribution in [-0.2, 0) is 0 Å². The van der Waals surface area contributed by atoms with Crippen molar-refractivity contribution >= 4 is 29.2 Å². The first kappa shape index (κ1) is 20.9. The van der Waals surface area contributed by atoms with Crippen LogP contribution in [-0.4, -0.2) is 30.7 Å². The average Bonchev–Trinajstić information content (AvgIpc) is 3.12. The topological polar surface area (TPSA) is 88.2 Å². The van der Waals surface area contributed by atoms with Gasteiger partial charge in [0.05, 0.1) is 11.4 Å². The zero-order valence-corrected chi connectivity index (χ0v) is 18.1. The van der Waals surface area contributed by atoms with E-state index in [1.165, 1.54) is 18.2 Å². The largest absolute Gasteiger partial charge is 0.507 e. The molecule has 2 heterocycles. The summed E-state index contributed by atoms with van der Waals surface area (Å²) >= 11 is 12.5. The van der Waals surface area contributed by atoms with E-state index in [-0.39, 0.29) is 22.7 Å². The van der Waals surface area contributed by atoms with Gasteiger partial charge in [0.15, 0.2) is 11.5 Å². The minimum atomic E-state index is -1.25. The van der Waals surface area contributed by atoms with E-state index in [0.717, 1.165) is 11.3 Å². The molecule has 156 valence electrons. The quantitative estimate of drug-likeness (QED) is 0.399. The van der Waals surface area contributed by atoms with E-state index in [4.69, 9.17) is 23.2 Å². The number of phenolic OH excluding ortho intramolecular Hbond substituents is 1. The van der Waals surface area contributed by atoms with Gasteiger partial charge in [-0.3, -0.25) is 4.57 Å². The Hall–Kier alpha value is -3.35. The number of aromatic carboxylic acids is 1. The van der Waals surface area contributed by atoms with Crippen LogP contribution in [0.4, 0.5) is 0 Å². The highest BCUT2D eigenvalue weighted by Gasteiger charge is 2.28. The minimum absolute atomic E-state index is 0.128. The fourth-order valence-electron chi connectivity index (χ4n) is 3.41. The number of nitrogens with zero attached hydrogens (tertiary/aromatic N) is 3. The van der Waals surface area contributed by atoms with Crippen molar-refractivity contribution in [2.45, 2.75) is 13.8 Å². The molecule has 31 heavy (non-hydrogen) atoms. The minimum Gasteiger partial charge on any atom is -0.507 e. The van der Waals surface area contributed by atoms with Crippen molar-refractivity contribution < 1.29 is 15.0 Å². The van der Waals surface area contributed by atoms with Crippen LogP contribution in [0.3, 0.4) is 0 Å². The lowest BCUT2D eigenvalue weighted by atomic mass is 10.1. The Bertz CT molecular complexity index is 1330. The van der Waals surface area contributed by atoms with Crippen molar-refractivity contribution in [1.82, 2.24) is 14.5 Å². The SMILES string of the molecule is Cc1cccc(-c2nc(C(=O)O)c(-c3cc(Cl)ccc3O)n2-c2cc(Cl)ccc2C)n1. The van der Waals surface area contributed by atoms with Crippen molar-refractivity contribution in [2.24, 2.45) is 0 Å². The summed E-state index contributed by atoms with van der Waals surface area (Å²) in [6.07, 6.45) is 0. The summed E-state index contributed by atoms with van der Waals surface area (Å²) in [5.41, 5.74) is 2.84. The molecule has 0 amide bonds. The first-order chi connectivity index (χ1) is 14.8. The maximum absolute atomic E-state index is 12.2. The number of aromatic nitrogens is 3. The van der Waals surface area contributed by atoms with Crippen LogP contribution in [0.5, 0.6) is 5.75 Å². The highest BCUT2D eigenvalue weighted by Crippen LogP contribution is 2.39. The smallest absolute Gasteiger partial charge is 0.356 e. The fourth-order valence-corrected chi connectivity index (χ4v) is 3.75. The van der Waals surface area contributed by atoms with Crippen molar-refractivity contribution in [3.8, 4) is 34.2 Å². The van der Waals surface area contributed by atoms with Gasteiger partial charge < -0.3 is 10.2 Å². The number of aryl methyl sites for hydroxylation is 2. The number of pyridine rings is 1. The fraction of sp³-hybridized carbons (Fsp3) is 0.0870. The van der Waals surface area contributed by atoms with Gasteiger partial charge in [0.2, 0.25) is 0 Å². The molecule has 0 bridgehead atoms. The molecular weight excluding hydrogens is 437 g/mol. The summed E-state index contributed by atoms with van der Waals surface area (Å²) in [5, 5.41) is 21.4. The van der Waals surface area contributed by atoms with E-state index in [1.54, 1.807) is 22.8 Å². The molecular formula is C23H17Cl2N3O3. The van der Waals surface area contributed by atoms with Crippen LogP contribution >= 0.6 is 23.2 Å². The molecule has 0 saturated carbocycles. The number of benzene rings is 2. The van der Waals surface area contributed by atoms with Crippen molar-refractivity contribution in [3.05, 3.63) is 81.6 Å². The number of aromatic hydroxyl groups is 1. The molecule has 2 N–H and O–H groups in total. The van der Waals surface area contributed by atoms with Crippen LogP contribution in [0, 0.1) is 13.8 Å². The second-order valence-electron chi connectivity index (χ2n) is 7.03. The number of imidazole rings is 1. The summed E-state index contributed by atoms with van der Waals surface area (Å²) in [4.78, 5) is 21.2. The molecule has 2 aromatic heterocycles. The van der Waals surface area contributed by atoms with Gasteiger partial charge in [-0.2, -0.15) is 0 Å². The molecule has 6 nitrogen and oxygen atoms in total. The lowest BCUT2D eigenvalue weighted by molar-refractivity contribution is 0.0692. The van der Waals surface area contributed by atoms with Gasteiger partial charge in [0, 0.05) is 21.3 Å². The Morgan fingerprint density at radius 2 is 1.68 bits per heavy atom. The normalized spacial score (nSPS) is 11.0. The Morgan fingerprint density at radius 3 is 2.39 bits per heavy atom. The molecule has 4 aromatic rings. The molecule has 2 aromatic carbocycles. The Labute approximate surface area is 188 Å². The number of halogens is 2. The predicted octanol–water partition coefficient (Wildman–Crippen LogP) is 5.93. The van der Waals surface area contributed by atoms with Crippen LogP contribution in [0.25, 0.3) is 28.5 Å². The number of phenols is 1. The van der Waals surface area contributed by atoms with Gasteiger partial charge in [-0.05, 0) is 61.9 Å². The summed E-state index contributed by atoms with van der Waals surface area (Å²) in [7, 11) is 0. The lowest BCUT2D eigenvalue weighted by Gasteiger charge is -2.16. The Morgan fingerprint density at radius 1 is 0.968 bits per heavy atom. The number of rotatable bonds is 4. The van der Waals surface area contributed by atoms with Gasteiger partial charge in [0.1, 0.15) is 11.4 Å². The molecule has 0 spiro atoms. The third-order valence-electron chi connectivity index (χ3n) is 4.82. The van der Waals surface area contributed by atoms with E-state index in [9.17, 15) is 15.0 Å². The van der Waals surface area contributed by atoms with E-state index in [2.05, 4.69) is 9.97 Å². The second-order valence-corrected chi connectivity index (χ2v) is 7.90. The van der Waals surface area contributed by atoms with E-state index < -0.39 is 5.97 Å². The molecule has 4 rings (SSSR count). The van der Waals surface area contributed by atoms with Crippen LogP contribution < -0.4 is 0 Å². The van der Waals surface area contributed by atoms with E-state index in [0.29, 0.717) is 27.3 Å². The molecule has 0 radical (unpaired) electrons. The molecule has 0 atom stereocenters. The molecule has 0 aliphatic carbocycles. The maximum Gasteiger partial charge on any atom is 0.356 e. The number of carboxylic acids is 1. The summed E-state index contributed by atoms with van der Waals surface area (Å²) in [5.74, 6) is -1.07. The van der Waals surface area contributed by atoms with Gasteiger partial charge in [0.25, 0.3) is 0 Å². The molecule has 0 aliphatic rings. The van der Waals surface area contributed by atoms with E-state index in [1.807, 2.05) is 32.0 Å². The highest BCUT2D eigenvalue weighted by molar-refractivity contribution is 6.31. The monoisotopic (exact) mass is 453 g/mol. The molecule has 8 heteroatoms. The molecule has 0 saturated heterocycles. The zero-order valence-electron chi connectivity index (χ0n) is 16.6. The van der Waals surface area contributed by atoms with Crippen molar-refractivity contribution in [3.63, 3.8) is 0 Å². The third kappa shape index (κ3) is 3.87. The van der Waals surface area contributed by atoms with Gasteiger partial charge >= 0.3 is 5.97 Å². The standard InChI is InChI=1S/C23H17Cl2N3O3/c1-12-6-7-15(25)11-18(12)28-21(16-10-14(24)8-9-19(16)29)20(23(30)31)27-22(28)17-5-3-4-13(2)26-17/h3-11,29H,1-2H3,(H,30,31). The predicted molar refractivity (Wildman–Crippen MR) is 120 cm³/mol. The summed E-state index contributed by atoms with van der Waals surface area (Å²) in [6.45, 7) is 3.71. The molecule has 0 aliphatic heterocycles. The van der Waals surface area contributed by atoms with Gasteiger partial charge in [-0.1, -0.05) is 35.3 Å². The number of hydrogen-bond acceptors (Lipinski definition) is 4. The van der Waals surface area contributed by atoms with Crippen molar-refractivity contribution in [2.75, 3.05) is 0 Å². The van der Waals surface area contributed by atoms with Gasteiger partial charge in [-0.15, -0.1) is 0 Å². The molecule has 0 fully saturated rings. The summed E-state index contributed by atoms with van der Waals surface area (Å²) < 4.78 is 1.65. The van der Waals surface area contributed by atoms with Crippen molar-refractivity contribution in [1.29, 1.82) is 0 Å². The first-order valence-corrected chi connectivity index (χ1v) is 10.1. The van der Waals surface area contributed by atoms with Gasteiger partial charge in [-0.25, -0.2) is 14.8 Å². The third-order valence-corrected chi connectivity index (χ3v) is 5.29. The van der Waals surface area contributed by atoms with E-state index >= 15 is 0 Å². The number of hydrogen-bond donors (Lipinski definition) is 2. The van der Waals surface area contributed by atoms with Crippen LogP contribution in [0.1, 0.15) is 21.7 Å².